The standard InChI is InChI=1S/C21H24N2O4S/c1-4-14(2)23-28(25,26)18-11-9-16(10-12-18)21(24)22-15(3)20-13-17-7-5-6-8-19(17)27-20/h5-15,23H,4H2,1-3H3,(H,22,24)/t14-,15-/m1/s1. The third-order valence-corrected chi connectivity index (χ3v) is 6.22. The molecular weight excluding hydrogens is 376 g/mol. The lowest BCUT2D eigenvalue weighted by Crippen LogP contribution is -2.32. The second-order valence-corrected chi connectivity index (χ2v) is 8.55. The highest BCUT2D eigenvalue weighted by atomic mass is 32.2. The number of para-hydroxylation sites is 1. The van der Waals surface area contributed by atoms with Gasteiger partial charge in [0.05, 0.1) is 10.9 Å². The smallest absolute Gasteiger partial charge is 0.251 e. The summed E-state index contributed by atoms with van der Waals surface area (Å²) in [5.74, 6) is 0.360. The fourth-order valence-electron chi connectivity index (χ4n) is 2.77. The van der Waals surface area contributed by atoms with E-state index in [0.717, 1.165) is 11.0 Å². The van der Waals surface area contributed by atoms with Gasteiger partial charge >= 0.3 is 0 Å². The summed E-state index contributed by atoms with van der Waals surface area (Å²) in [6.45, 7) is 5.55. The highest BCUT2D eigenvalue weighted by molar-refractivity contribution is 7.89. The molecule has 2 atom stereocenters. The summed E-state index contributed by atoms with van der Waals surface area (Å²) in [7, 11) is -3.59. The zero-order valence-corrected chi connectivity index (χ0v) is 16.9. The van der Waals surface area contributed by atoms with E-state index in [0.29, 0.717) is 17.7 Å². The Hall–Kier alpha value is -2.64. The van der Waals surface area contributed by atoms with E-state index in [1.54, 1.807) is 6.92 Å². The monoisotopic (exact) mass is 400 g/mol. The number of sulfonamides is 1. The largest absolute Gasteiger partial charge is 0.459 e. The Bertz CT molecular complexity index is 1040. The number of fused-ring (bicyclic) bond motifs is 1. The molecule has 3 aromatic rings. The lowest BCUT2D eigenvalue weighted by Gasteiger charge is -2.13. The molecule has 0 fully saturated rings. The summed E-state index contributed by atoms with van der Waals surface area (Å²) >= 11 is 0. The van der Waals surface area contributed by atoms with Gasteiger partial charge in [-0.25, -0.2) is 13.1 Å². The molecule has 0 aliphatic carbocycles. The first-order chi connectivity index (χ1) is 13.3. The molecule has 1 amide bonds. The van der Waals surface area contributed by atoms with Crippen LogP contribution in [0.4, 0.5) is 0 Å². The Labute approximate surface area is 165 Å². The summed E-state index contributed by atoms with van der Waals surface area (Å²) < 4.78 is 33.0. The molecule has 2 aromatic carbocycles. The summed E-state index contributed by atoms with van der Waals surface area (Å²) in [5, 5.41) is 3.85. The minimum absolute atomic E-state index is 0.134. The molecule has 0 saturated heterocycles. The van der Waals surface area contributed by atoms with Crippen LogP contribution in [0.3, 0.4) is 0 Å². The molecule has 0 aliphatic heterocycles. The molecular formula is C21H24N2O4S. The number of furan rings is 1. The van der Waals surface area contributed by atoms with Crippen molar-refractivity contribution in [3.8, 4) is 0 Å². The fraction of sp³-hybridized carbons (Fsp3) is 0.286. The van der Waals surface area contributed by atoms with Gasteiger partial charge in [-0.15, -0.1) is 0 Å². The molecule has 28 heavy (non-hydrogen) atoms. The van der Waals surface area contributed by atoms with Crippen LogP contribution in [0.1, 0.15) is 49.4 Å². The molecule has 148 valence electrons. The van der Waals surface area contributed by atoms with E-state index < -0.39 is 10.0 Å². The quantitative estimate of drug-likeness (QED) is 0.627. The van der Waals surface area contributed by atoms with Gasteiger partial charge < -0.3 is 9.73 Å². The Morgan fingerprint density at radius 3 is 2.39 bits per heavy atom. The minimum atomic E-state index is -3.59. The minimum Gasteiger partial charge on any atom is -0.459 e. The zero-order valence-electron chi connectivity index (χ0n) is 16.1. The first-order valence-corrected chi connectivity index (χ1v) is 10.7. The van der Waals surface area contributed by atoms with E-state index in [1.807, 2.05) is 44.2 Å². The van der Waals surface area contributed by atoms with Gasteiger partial charge in [-0.2, -0.15) is 0 Å². The summed E-state index contributed by atoms with van der Waals surface area (Å²) in [5.41, 5.74) is 1.15. The molecule has 1 heterocycles. The Morgan fingerprint density at radius 2 is 1.75 bits per heavy atom. The molecule has 0 spiro atoms. The molecule has 2 N–H and O–H groups in total. The van der Waals surface area contributed by atoms with Crippen LogP contribution in [0.2, 0.25) is 0 Å². The zero-order chi connectivity index (χ0) is 20.3. The van der Waals surface area contributed by atoms with E-state index in [9.17, 15) is 13.2 Å². The number of carbonyl (C=O) groups is 1. The van der Waals surface area contributed by atoms with Crippen LogP contribution >= 0.6 is 0 Å². The van der Waals surface area contributed by atoms with Crippen molar-refractivity contribution in [2.45, 2.75) is 44.2 Å². The van der Waals surface area contributed by atoms with Crippen LogP contribution in [0.25, 0.3) is 11.0 Å². The summed E-state index contributed by atoms with van der Waals surface area (Å²) in [4.78, 5) is 12.6. The Kier molecular flexibility index (Phi) is 5.86. The fourth-order valence-corrected chi connectivity index (χ4v) is 4.10. The van der Waals surface area contributed by atoms with Gasteiger partial charge in [0.15, 0.2) is 0 Å². The maximum absolute atomic E-state index is 12.5. The van der Waals surface area contributed by atoms with Gasteiger partial charge in [0, 0.05) is 17.0 Å². The van der Waals surface area contributed by atoms with Crippen LogP contribution in [0.15, 0.2) is 63.9 Å². The van der Waals surface area contributed by atoms with Crippen molar-refractivity contribution in [1.82, 2.24) is 10.0 Å². The van der Waals surface area contributed by atoms with Crippen molar-refractivity contribution >= 4 is 26.9 Å². The number of hydrogen-bond acceptors (Lipinski definition) is 4. The third kappa shape index (κ3) is 4.43. The number of nitrogens with one attached hydrogen (secondary N) is 2. The Balaban J connectivity index is 1.70. The molecule has 1 aromatic heterocycles. The normalized spacial score (nSPS) is 14.0. The van der Waals surface area contributed by atoms with Crippen molar-refractivity contribution < 1.29 is 17.6 Å². The van der Waals surface area contributed by atoms with Crippen molar-refractivity contribution in [2.75, 3.05) is 0 Å². The van der Waals surface area contributed by atoms with Crippen LogP contribution in [0.5, 0.6) is 0 Å². The van der Waals surface area contributed by atoms with Crippen molar-refractivity contribution in [2.24, 2.45) is 0 Å². The second kappa shape index (κ2) is 8.16. The highest BCUT2D eigenvalue weighted by Crippen LogP contribution is 2.24. The predicted octanol–water partition coefficient (Wildman–Crippen LogP) is 4.00. The van der Waals surface area contributed by atoms with Crippen molar-refractivity contribution in [3.63, 3.8) is 0 Å². The molecule has 7 heteroatoms. The average molecular weight is 401 g/mol. The summed E-state index contributed by atoms with van der Waals surface area (Å²) in [6.07, 6.45) is 0.694. The van der Waals surface area contributed by atoms with Gasteiger partial charge in [-0.1, -0.05) is 25.1 Å². The van der Waals surface area contributed by atoms with Crippen molar-refractivity contribution in [1.29, 1.82) is 0 Å². The second-order valence-electron chi connectivity index (χ2n) is 6.84. The topological polar surface area (TPSA) is 88.4 Å². The first-order valence-electron chi connectivity index (χ1n) is 9.22. The third-order valence-electron chi connectivity index (χ3n) is 4.61. The predicted molar refractivity (Wildman–Crippen MR) is 109 cm³/mol. The van der Waals surface area contributed by atoms with Crippen LogP contribution in [0, 0.1) is 0 Å². The lowest BCUT2D eigenvalue weighted by molar-refractivity contribution is 0.0935. The molecule has 0 bridgehead atoms. The first kappa shape index (κ1) is 20.1. The maximum atomic E-state index is 12.5. The lowest BCUT2D eigenvalue weighted by atomic mass is 10.1. The number of rotatable bonds is 7. The molecule has 0 radical (unpaired) electrons. The number of benzene rings is 2. The van der Waals surface area contributed by atoms with E-state index in [4.69, 9.17) is 4.42 Å². The van der Waals surface area contributed by atoms with Crippen LogP contribution in [-0.2, 0) is 10.0 Å². The van der Waals surface area contributed by atoms with Gasteiger partial charge in [-0.05, 0) is 56.7 Å². The summed E-state index contributed by atoms with van der Waals surface area (Å²) in [6, 6.07) is 14.9. The van der Waals surface area contributed by atoms with Gasteiger partial charge in [0.1, 0.15) is 11.3 Å². The van der Waals surface area contributed by atoms with E-state index in [-0.39, 0.29) is 22.9 Å². The molecule has 6 nitrogen and oxygen atoms in total. The molecule has 0 aliphatic rings. The van der Waals surface area contributed by atoms with E-state index >= 15 is 0 Å². The van der Waals surface area contributed by atoms with Crippen molar-refractivity contribution in [3.05, 3.63) is 65.9 Å². The Morgan fingerprint density at radius 1 is 1.07 bits per heavy atom. The van der Waals surface area contributed by atoms with Crippen LogP contribution in [-0.4, -0.2) is 20.4 Å². The average Bonchev–Trinajstić information content (AvgIpc) is 3.12. The van der Waals surface area contributed by atoms with Gasteiger partial charge in [-0.3, -0.25) is 4.79 Å². The molecule has 0 unspecified atom stereocenters. The van der Waals surface area contributed by atoms with Crippen LogP contribution < -0.4 is 10.0 Å². The number of carbonyl (C=O) groups excluding carboxylic acids is 1. The number of amides is 1. The number of hydrogen-bond donors (Lipinski definition) is 2. The van der Waals surface area contributed by atoms with Gasteiger partial charge in [0.25, 0.3) is 5.91 Å². The highest BCUT2D eigenvalue weighted by Gasteiger charge is 2.19. The molecule has 3 rings (SSSR count). The molecule has 0 saturated carbocycles. The maximum Gasteiger partial charge on any atom is 0.251 e. The van der Waals surface area contributed by atoms with Gasteiger partial charge in [0.2, 0.25) is 10.0 Å². The van der Waals surface area contributed by atoms with E-state index in [1.165, 1.54) is 24.3 Å². The van der Waals surface area contributed by atoms with E-state index in [2.05, 4.69) is 10.0 Å². The SMILES string of the molecule is CC[C@@H](C)NS(=O)(=O)c1ccc(C(=O)N[C@H](C)c2cc3ccccc3o2)cc1.